The molecule has 1 aliphatic rings. The number of halogens is 5. The van der Waals surface area contributed by atoms with E-state index < -0.39 is 6.36 Å². The summed E-state index contributed by atoms with van der Waals surface area (Å²) >= 11 is 12.5. The fraction of sp³-hybridized carbons (Fsp3) is 0.250. The Morgan fingerprint density at radius 1 is 1.10 bits per heavy atom. The molecule has 0 unspecified atom stereocenters. The zero-order valence-corrected chi connectivity index (χ0v) is 22.8. The van der Waals surface area contributed by atoms with Gasteiger partial charge < -0.3 is 15.0 Å². The van der Waals surface area contributed by atoms with Crippen LogP contribution in [0.25, 0.3) is 33.8 Å². The van der Waals surface area contributed by atoms with Crippen LogP contribution in [0, 0.1) is 0 Å². The van der Waals surface area contributed by atoms with E-state index in [4.69, 9.17) is 28.3 Å². The number of carbonyl (C=O) groups excluding carboxylic acids is 1. The number of allylic oxidation sites excluding steroid dienone is 3. The summed E-state index contributed by atoms with van der Waals surface area (Å²) in [6.45, 7) is 3.03. The van der Waals surface area contributed by atoms with Crippen LogP contribution in [0.3, 0.4) is 0 Å². The summed E-state index contributed by atoms with van der Waals surface area (Å²) in [4.78, 5) is 20.0. The van der Waals surface area contributed by atoms with Crippen molar-refractivity contribution in [2.24, 2.45) is 0 Å². The van der Waals surface area contributed by atoms with Crippen LogP contribution in [-0.2, 0) is 11.3 Å². The standard InChI is InChI=1S/C28H24Cl2F3N5O2/c1-2-9-34-27(39)17-5-3-16(4-6-17)15-38-25(14-23(37-38)18-10-19(29)12-20(30)11-18)26-35-22-8-7-21(13-24(22)36-26)40-28(31,32)33/h3,5,7-8,10-14H,2,4,6,9,15H2,1H3,(H,34,39)(H,35,36). The molecule has 2 N–H and O–H groups in total. The molecule has 0 atom stereocenters. The number of hydrogen-bond donors (Lipinski definition) is 2. The molecule has 5 rings (SSSR count). The highest BCUT2D eigenvalue weighted by Gasteiger charge is 2.31. The summed E-state index contributed by atoms with van der Waals surface area (Å²) in [7, 11) is 0. The van der Waals surface area contributed by atoms with Crippen LogP contribution in [0.5, 0.6) is 5.75 Å². The van der Waals surface area contributed by atoms with E-state index in [0.29, 0.717) is 69.8 Å². The van der Waals surface area contributed by atoms with E-state index >= 15 is 0 Å². The van der Waals surface area contributed by atoms with Crippen molar-refractivity contribution in [1.29, 1.82) is 0 Å². The van der Waals surface area contributed by atoms with E-state index in [-0.39, 0.29) is 11.7 Å². The van der Waals surface area contributed by atoms with Crippen LogP contribution in [0.2, 0.25) is 10.0 Å². The lowest BCUT2D eigenvalue weighted by Gasteiger charge is -2.15. The van der Waals surface area contributed by atoms with Crippen LogP contribution in [0.15, 0.2) is 65.8 Å². The van der Waals surface area contributed by atoms with Crippen molar-refractivity contribution in [1.82, 2.24) is 25.1 Å². The average Bonchev–Trinajstić information content (AvgIpc) is 3.50. The van der Waals surface area contributed by atoms with E-state index in [1.165, 1.54) is 18.2 Å². The van der Waals surface area contributed by atoms with Crippen LogP contribution in [0.1, 0.15) is 26.2 Å². The van der Waals surface area contributed by atoms with Crippen molar-refractivity contribution >= 4 is 40.1 Å². The molecular formula is C28H24Cl2F3N5O2. The summed E-state index contributed by atoms with van der Waals surface area (Å²) in [6, 6.07) is 10.8. The number of nitrogens with zero attached hydrogens (tertiary/aromatic N) is 3. The zero-order chi connectivity index (χ0) is 28.4. The predicted molar refractivity (Wildman–Crippen MR) is 148 cm³/mol. The number of H-pyrrole nitrogens is 1. The van der Waals surface area contributed by atoms with Crippen molar-refractivity contribution in [3.8, 4) is 28.5 Å². The number of carbonyl (C=O) groups is 1. The zero-order valence-electron chi connectivity index (χ0n) is 21.3. The summed E-state index contributed by atoms with van der Waals surface area (Å²) in [5, 5.41) is 8.59. The van der Waals surface area contributed by atoms with E-state index in [1.807, 2.05) is 25.1 Å². The molecule has 7 nitrogen and oxygen atoms in total. The SMILES string of the molecule is CCCNC(=O)C1=CC=C(Cn2nc(-c3cc(Cl)cc(Cl)c3)cc2-c2nc3ccc(OC(F)(F)F)cc3[nH]2)CC1. The quantitative estimate of drug-likeness (QED) is 0.223. The lowest BCUT2D eigenvalue weighted by Crippen LogP contribution is -2.26. The van der Waals surface area contributed by atoms with Gasteiger partial charge in [0.1, 0.15) is 11.4 Å². The molecule has 0 bridgehead atoms. The monoisotopic (exact) mass is 589 g/mol. The molecular weight excluding hydrogens is 566 g/mol. The van der Waals surface area contributed by atoms with E-state index in [1.54, 1.807) is 22.9 Å². The molecule has 0 spiro atoms. The fourth-order valence-corrected chi connectivity index (χ4v) is 4.95. The van der Waals surface area contributed by atoms with Crippen molar-refractivity contribution in [2.45, 2.75) is 39.1 Å². The number of alkyl halides is 3. The Hall–Kier alpha value is -3.76. The van der Waals surface area contributed by atoms with Crippen LogP contribution in [-0.4, -0.2) is 38.6 Å². The first-order chi connectivity index (χ1) is 19.1. The first-order valence-electron chi connectivity index (χ1n) is 12.5. The van der Waals surface area contributed by atoms with Gasteiger partial charge in [-0.2, -0.15) is 5.10 Å². The first-order valence-corrected chi connectivity index (χ1v) is 13.3. The number of imidazole rings is 1. The number of amides is 1. The second-order valence-electron chi connectivity index (χ2n) is 9.32. The minimum Gasteiger partial charge on any atom is -0.406 e. The third kappa shape index (κ3) is 6.51. The average molecular weight is 590 g/mol. The summed E-state index contributed by atoms with van der Waals surface area (Å²) < 4.78 is 44.0. The number of ether oxygens (including phenoxy) is 1. The highest BCUT2D eigenvalue weighted by molar-refractivity contribution is 6.35. The molecule has 4 aromatic rings. The molecule has 2 aromatic heterocycles. The number of fused-ring (bicyclic) bond motifs is 1. The second kappa shape index (κ2) is 11.4. The van der Waals surface area contributed by atoms with Gasteiger partial charge in [-0.15, -0.1) is 13.2 Å². The van der Waals surface area contributed by atoms with Gasteiger partial charge in [0, 0.05) is 33.8 Å². The topological polar surface area (TPSA) is 84.8 Å². The molecule has 2 aromatic carbocycles. The highest BCUT2D eigenvalue weighted by Crippen LogP contribution is 2.32. The third-order valence-electron chi connectivity index (χ3n) is 6.28. The first kappa shape index (κ1) is 27.8. The summed E-state index contributed by atoms with van der Waals surface area (Å²) in [5.41, 5.74) is 4.50. The molecule has 1 amide bonds. The van der Waals surface area contributed by atoms with Gasteiger partial charge >= 0.3 is 6.36 Å². The fourth-order valence-electron chi connectivity index (χ4n) is 4.42. The van der Waals surface area contributed by atoms with Gasteiger partial charge in [-0.1, -0.05) is 42.3 Å². The van der Waals surface area contributed by atoms with Crippen LogP contribution in [0.4, 0.5) is 13.2 Å². The largest absolute Gasteiger partial charge is 0.573 e. The van der Waals surface area contributed by atoms with Crippen LogP contribution < -0.4 is 10.1 Å². The van der Waals surface area contributed by atoms with Crippen molar-refractivity contribution < 1.29 is 22.7 Å². The smallest absolute Gasteiger partial charge is 0.406 e. The maximum absolute atomic E-state index is 12.7. The lowest BCUT2D eigenvalue weighted by atomic mass is 9.97. The second-order valence-corrected chi connectivity index (χ2v) is 10.2. The molecule has 0 aliphatic heterocycles. The number of benzene rings is 2. The molecule has 1 aliphatic carbocycles. The number of aromatic amines is 1. The van der Waals surface area contributed by atoms with Crippen molar-refractivity contribution in [3.05, 3.63) is 75.8 Å². The van der Waals surface area contributed by atoms with Gasteiger partial charge in [0.25, 0.3) is 0 Å². The van der Waals surface area contributed by atoms with Gasteiger partial charge in [-0.05, 0) is 61.2 Å². The normalized spacial score (nSPS) is 13.8. The molecule has 0 fully saturated rings. The maximum atomic E-state index is 12.7. The molecule has 0 saturated carbocycles. The molecule has 0 saturated heterocycles. The van der Waals surface area contributed by atoms with E-state index in [9.17, 15) is 18.0 Å². The Bertz CT molecular complexity index is 1620. The Labute approximate surface area is 237 Å². The van der Waals surface area contributed by atoms with Crippen LogP contribution >= 0.6 is 23.2 Å². The van der Waals surface area contributed by atoms with Gasteiger partial charge in [0.15, 0.2) is 5.82 Å². The van der Waals surface area contributed by atoms with Gasteiger partial charge in [-0.3, -0.25) is 9.48 Å². The minimum atomic E-state index is -4.80. The Kier molecular flexibility index (Phi) is 7.91. The Morgan fingerprint density at radius 3 is 2.55 bits per heavy atom. The van der Waals surface area contributed by atoms with Gasteiger partial charge in [0.05, 0.1) is 23.3 Å². The van der Waals surface area contributed by atoms with Gasteiger partial charge in [-0.25, -0.2) is 4.98 Å². The number of rotatable bonds is 8. The molecule has 40 heavy (non-hydrogen) atoms. The molecule has 12 heteroatoms. The minimum absolute atomic E-state index is 0.0619. The summed E-state index contributed by atoms with van der Waals surface area (Å²) in [5.74, 6) is 0.00158. The summed E-state index contributed by atoms with van der Waals surface area (Å²) in [6.07, 6.45) is 1.07. The molecule has 2 heterocycles. The van der Waals surface area contributed by atoms with Gasteiger partial charge in [0.2, 0.25) is 5.91 Å². The number of nitrogens with one attached hydrogen (secondary N) is 2. The Morgan fingerprint density at radius 2 is 1.88 bits per heavy atom. The Balaban J connectivity index is 1.51. The molecule has 0 radical (unpaired) electrons. The van der Waals surface area contributed by atoms with E-state index in [2.05, 4.69) is 20.0 Å². The van der Waals surface area contributed by atoms with Crippen molar-refractivity contribution in [2.75, 3.05) is 6.54 Å². The number of hydrogen-bond acceptors (Lipinski definition) is 4. The van der Waals surface area contributed by atoms with E-state index in [0.717, 1.165) is 17.6 Å². The lowest BCUT2D eigenvalue weighted by molar-refractivity contribution is -0.274. The number of aromatic nitrogens is 4. The highest BCUT2D eigenvalue weighted by atomic mass is 35.5. The maximum Gasteiger partial charge on any atom is 0.573 e. The third-order valence-corrected chi connectivity index (χ3v) is 6.72. The van der Waals surface area contributed by atoms with Crippen molar-refractivity contribution in [3.63, 3.8) is 0 Å². The molecule has 208 valence electrons. The predicted octanol–water partition coefficient (Wildman–Crippen LogP) is 7.47.